The molecule has 0 spiro atoms. The molecular weight excluding hydrogens is 502 g/mol. The van der Waals surface area contributed by atoms with Gasteiger partial charge in [0.1, 0.15) is 18.2 Å². The van der Waals surface area contributed by atoms with E-state index in [4.69, 9.17) is 24.3 Å². The molecule has 0 N–H and O–H groups in total. The third-order valence-electron chi connectivity index (χ3n) is 7.81. The number of nitrogens with zero attached hydrogens (tertiary/aromatic N) is 3. The summed E-state index contributed by atoms with van der Waals surface area (Å²) >= 11 is 0. The summed E-state index contributed by atoms with van der Waals surface area (Å²) in [6.07, 6.45) is 7.27. The second-order valence-corrected chi connectivity index (χ2v) is 10.4. The highest BCUT2D eigenvalue weighted by molar-refractivity contribution is 6.02. The number of hydrogen-bond donors (Lipinski definition) is 0. The van der Waals surface area contributed by atoms with Crippen molar-refractivity contribution in [3.8, 4) is 17.2 Å². The van der Waals surface area contributed by atoms with Crippen LogP contribution >= 0.6 is 0 Å². The van der Waals surface area contributed by atoms with Crippen molar-refractivity contribution in [1.29, 1.82) is 0 Å². The second kappa shape index (κ2) is 10.5. The summed E-state index contributed by atoms with van der Waals surface area (Å²) in [7, 11) is 0. The fourth-order valence-corrected chi connectivity index (χ4v) is 5.72. The van der Waals surface area contributed by atoms with E-state index in [-0.39, 0.29) is 18.3 Å². The first-order chi connectivity index (χ1) is 19.7. The molecule has 5 aromatic rings. The predicted molar refractivity (Wildman–Crippen MR) is 156 cm³/mol. The summed E-state index contributed by atoms with van der Waals surface area (Å²) in [6.45, 7) is 0.581. The van der Waals surface area contributed by atoms with Crippen LogP contribution in [0.1, 0.15) is 55.0 Å². The third kappa shape index (κ3) is 4.57. The Morgan fingerprint density at radius 3 is 2.60 bits per heavy atom. The molecule has 7 nitrogen and oxygen atoms in total. The maximum Gasteiger partial charge on any atom is 0.282 e. The van der Waals surface area contributed by atoms with Crippen LogP contribution < -0.4 is 19.8 Å². The van der Waals surface area contributed by atoms with Gasteiger partial charge in [0.25, 0.3) is 5.56 Å². The second-order valence-electron chi connectivity index (χ2n) is 10.4. The topological polar surface area (TPSA) is 74.9 Å². The lowest BCUT2D eigenvalue weighted by molar-refractivity contribution is 0.174. The minimum atomic E-state index is -0.148. The first kappa shape index (κ1) is 24.4. The largest absolute Gasteiger partial charge is 0.488 e. The van der Waals surface area contributed by atoms with E-state index < -0.39 is 0 Å². The highest BCUT2D eigenvalue weighted by atomic mass is 16.7. The van der Waals surface area contributed by atoms with Gasteiger partial charge in [0.05, 0.1) is 17.1 Å². The highest BCUT2D eigenvalue weighted by Gasteiger charge is 2.22. The Hall–Kier alpha value is -4.65. The average Bonchev–Trinajstić information content (AvgIpc) is 3.48. The van der Waals surface area contributed by atoms with Crippen molar-refractivity contribution >= 4 is 27.9 Å². The Bertz CT molecular complexity index is 1800. The molecule has 4 aromatic carbocycles. The van der Waals surface area contributed by atoms with E-state index in [0.29, 0.717) is 17.7 Å². The van der Waals surface area contributed by atoms with Crippen molar-refractivity contribution < 1.29 is 14.2 Å². The quantitative estimate of drug-likeness (QED) is 0.226. The van der Waals surface area contributed by atoms with E-state index in [1.807, 2.05) is 72.8 Å². The molecule has 1 aliphatic heterocycles. The van der Waals surface area contributed by atoms with Crippen LogP contribution in [0, 0.1) is 0 Å². The zero-order valence-electron chi connectivity index (χ0n) is 22.1. The standard InChI is InChI=1S/C33H29N3O4/c37-33-26-12-6-7-13-28(26)35-32(24-9-2-1-3-10-24)36(33)34-19-27-25-11-5-4-8-23(25)15-17-29(27)38-20-22-14-16-30-31(18-22)40-21-39-30/h4-8,11-19,24H,1-3,9-10,20-21H2. The molecule has 7 heteroatoms. The third-order valence-corrected chi connectivity index (χ3v) is 7.81. The fourth-order valence-electron chi connectivity index (χ4n) is 5.72. The maximum atomic E-state index is 13.7. The van der Waals surface area contributed by atoms with E-state index in [1.165, 1.54) is 11.1 Å². The number of rotatable bonds is 6. The van der Waals surface area contributed by atoms with E-state index in [0.717, 1.165) is 70.4 Å². The smallest absolute Gasteiger partial charge is 0.282 e. The minimum absolute atomic E-state index is 0.148. The van der Waals surface area contributed by atoms with Crippen molar-refractivity contribution in [1.82, 2.24) is 9.66 Å². The van der Waals surface area contributed by atoms with Crippen LogP contribution in [0.15, 0.2) is 88.8 Å². The summed E-state index contributed by atoms with van der Waals surface area (Å²) in [5.74, 6) is 3.09. The van der Waals surface area contributed by atoms with Crippen molar-refractivity contribution in [2.45, 2.75) is 44.6 Å². The van der Waals surface area contributed by atoms with Crippen LogP contribution in [0.4, 0.5) is 0 Å². The van der Waals surface area contributed by atoms with Crippen molar-refractivity contribution in [3.63, 3.8) is 0 Å². The van der Waals surface area contributed by atoms with Gasteiger partial charge in [-0.1, -0.05) is 67.8 Å². The molecule has 1 fully saturated rings. The zero-order valence-corrected chi connectivity index (χ0v) is 22.1. The molecule has 2 aliphatic rings. The van der Waals surface area contributed by atoms with E-state index in [1.54, 1.807) is 6.21 Å². The molecule has 0 radical (unpaired) electrons. The Morgan fingerprint density at radius 1 is 0.900 bits per heavy atom. The summed E-state index contributed by atoms with van der Waals surface area (Å²) in [5.41, 5.74) is 2.35. The van der Waals surface area contributed by atoms with Gasteiger partial charge in [-0.3, -0.25) is 4.79 Å². The van der Waals surface area contributed by atoms with Gasteiger partial charge in [0, 0.05) is 11.5 Å². The monoisotopic (exact) mass is 531 g/mol. The molecule has 0 bridgehead atoms. The molecule has 0 amide bonds. The summed E-state index contributed by atoms with van der Waals surface area (Å²) in [6, 6.07) is 25.4. The van der Waals surface area contributed by atoms with Crippen LogP contribution in [0.25, 0.3) is 21.7 Å². The van der Waals surface area contributed by atoms with Gasteiger partial charge < -0.3 is 14.2 Å². The maximum absolute atomic E-state index is 13.7. The molecule has 40 heavy (non-hydrogen) atoms. The lowest BCUT2D eigenvalue weighted by Crippen LogP contribution is -2.25. The lowest BCUT2D eigenvalue weighted by Gasteiger charge is -2.22. The van der Waals surface area contributed by atoms with E-state index >= 15 is 0 Å². The van der Waals surface area contributed by atoms with Gasteiger partial charge in [0.2, 0.25) is 6.79 Å². The molecule has 1 aliphatic carbocycles. The zero-order chi connectivity index (χ0) is 26.9. The van der Waals surface area contributed by atoms with Crippen LogP contribution in [0.5, 0.6) is 17.2 Å². The van der Waals surface area contributed by atoms with Crippen molar-refractivity contribution in [2.75, 3.05) is 6.79 Å². The summed E-state index contributed by atoms with van der Waals surface area (Å²) < 4.78 is 18.8. The van der Waals surface area contributed by atoms with Crippen molar-refractivity contribution in [3.05, 3.63) is 106 Å². The van der Waals surface area contributed by atoms with E-state index in [2.05, 4.69) is 6.07 Å². The summed E-state index contributed by atoms with van der Waals surface area (Å²) in [4.78, 5) is 18.7. The Kier molecular flexibility index (Phi) is 6.40. The van der Waals surface area contributed by atoms with Gasteiger partial charge in [0.15, 0.2) is 11.5 Å². The molecule has 0 unspecified atom stereocenters. The number of aromatic nitrogens is 2. The molecule has 2 heterocycles. The SMILES string of the molecule is O=c1c2ccccc2nc(C2CCCCC2)n1N=Cc1c(OCc2ccc3c(c2)OCO3)ccc2ccccc12. The minimum Gasteiger partial charge on any atom is -0.488 e. The molecule has 200 valence electrons. The first-order valence-corrected chi connectivity index (χ1v) is 13.8. The predicted octanol–water partition coefficient (Wildman–Crippen LogP) is 6.79. The molecule has 1 saturated carbocycles. The number of fused-ring (bicyclic) bond motifs is 3. The van der Waals surface area contributed by atoms with E-state index in [9.17, 15) is 4.79 Å². The highest BCUT2D eigenvalue weighted by Crippen LogP contribution is 2.34. The van der Waals surface area contributed by atoms with Crippen LogP contribution in [0.2, 0.25) is 0 Å². The van der Waals surface area contributed by atoms with Crippen molar-refractivity contribution in [2.24, 2.45) is 5.10 Å². The number of ether oxygens (including phenoxy) is 3. The normalized spacial score (nSPS) is 15.3. The summed E-state index contributed by atoms with van der Waals surface area (Å²) in [5, 5.41) is 7.44. The molecular formula is C33H29N3O4. The van der Waals surface area contributed by atoms with Gasteiger partial charge in [-0.15, -0.1) is 0 Å². The molecule has 7 rings (SSSR count). The number of para-hydroxylation sites is 1. The van der Waals surface area contributed by atoms with Gasteiger partial charge in [-0.2, -0.15) is 9.78 Å². The average molecular weight is 532 g/mol. The molecule has 0 saturated heterocycles. The van der Waals surface area contributed by atoms with Crippen LogP contribution in [-0.4, -0.2) is 22.7 Å². The first-order valence-electron chi connectivity index (χ1n) is 13.8. The Morgan fingerprint density at radius 2 is 1.70 bits per heavy atom. The molecule has 1 aromatic heterocycles. The van der Waals surface area contributed by atoms with Crippen LogP contribution in [-0.2, 0) is 6.61 Å². The van der Waals surface area contributed by atoms with Crippen LogP contribution in [0.3, 0.4) is 0 Å². The number of benzene rings is 4. The number of hydrogen-bond acceptors (Lipinski definition) is 6. The Balaban J connectivity index is 1.30. The fraction of sp³-hybridized carbons (Fsp3) is 0.242. The molecule has 0 atom stereocenters. The van der Waals surface area contributed by atoms with Gasteiger partial charge in [-0.25, -0.2) is 4.98 Å². The van der Waals surface area contributed by atoms with Gasteiger partial charge in [-0.05, 0) is 59.5 Å². The lowest BCUT2D eigenvalue weighted by atomic mass is 9.88. The van der Waals surface area contributed by atoms with Gasteiger partial charge >= 0.3 is 0 Å². The Labute approximate surface area is 231 Å².